The van der Waals surface area contributed by atoms with E-state index >= 15 is 0 Å². The molecule has 1 aliphatic heterocycles. The lowest BCUT2D eigenvalue weighted by molar-refractivity contribution is -0.186. The second kappa shape index (κ2) is 8.87. The summed E-state index contributed by atoms with van der Waals surface area (Å²) in [5, 5.41) is 2.74. The molecule has 0 unspecified atom stereocenters. The van der Waals surface area contributed by atoms with E-state index < -0.39 is 18.0 Å². The van der Waals surface area contributed by atoms with E-state index in [1.54, 1.807) is 0 Å². The molecule has 1 N–H and O–H groups in total. The van der Waals surface area contributed by atoms with E-state index in [0.29, 0.717) is 44.9 Å². The molecule has 3 atom stereocenters. The van der Waals surface area contributed by atoms with Gasteiger partial charge in [0, 0.05) is 31.6 Å². The minimum Gasteiger partial charge on any atom is -0.381 e. The minimum atomic E-state index is -4.18. The van der Waals surface area contributed by atoms with Crippen LogP contribution in [0.5, 0.6) is 0 Å². The standard InChI is InChI=1S/C16H26F3NO3/c17-16(18,19)14-4-1-3-13(9-14)15(21)20-6-2-7-22-10-12-5-8-23-11-12/h12-14H,1-11H2,(H,20,21)/t12-,13-,14-/m0/s1. The van der Waals surface area contributed by atoms with Crippen LogP contribution in [0.25, 0.3) is 0 Å². The van der Waals surface area contributed by atoms with E-state index in [-0.39, 0.29) is 18.7 Å². The third kappa shape index (κ3) is 6.30. The minimum absolute atomic E-state index is 0.0759. The summed E-state index contributed by atoms with van der Waals surface area (Å²) in [6, 6.07) is 0. The summed E-state index contributed by atoms with van der Waals surface area (Å²) < 4.78 is 49.0. The molecule has 1 saturated carbocycles. The molecule has 1 aliphatic carbocycles. The molecule has 2 fully saturated rings. The normalized spacial score (nSPS) is 28.7. The average Bonchev–Trinajstić information content (AvgIpc) is 3.03. The van der Waals surface area contributed by atoms with Crippen molar-refractivity contribution in [2.45, 2.75) is 44.7 Å². The van der Waals surface area contributed by atoms with Crippen molar-refractivity contribution >= 4 is 5.91 Å². The first-order valence-corrected chi connectivity index (χ1v) is 8.46. The molecule has 0 aromatic carbocycles. The number of halogens is 3. The van der Waals surface area contributed by atoms with E-state index in [4.69, 9.17) is 9.47 Å². The van der Waals surface area contributed by atoms with Crippen LogP contribution in [-0.4, -0.2) is 45.1 Å². The number of hydrogen-bond acceptors (Lipinski definition) is 3. The van der Waals surface area contributed by atoms with Gasteiger partial charge in [0.2, 0.25) is 5.91 Å². The molecule has 0 spiro atoms. The van der Waals surface area contributed by atoms with Gasteiger partial charge < -0.3 is 14.8 Å². The maximum absolute atomic E-state index is 12.7. The highest BCUT2D eigenvalue weighted by molar-refractivity contribution is 5.78. The summed E-state index contributed by atoms with van der Waals surface area (Å²) in [7, 11) is 0. The largest absolute Gasteiger partial charge is 0.391 e. The van der Waals surface area contributed by atoms with Crippen LogP contribution in [0.15, 0.2) is 0 Å². The topological polar surface area (TPSA) is 47.6 Å². The Balaban J connectivity index is 1.55. The first kappa shape index (κ1) is 18.5. The van der Waals surface area contributed by atoms with Crippen molar-refractivity contribution in [3.63, 3.8) is 0 Å². The Labute approximate surface area is 135 Å². The van der Waals surface area contributed by atoms with Gasteiger partial charge in [0.25, 0.3) is 0 Å². The number of hydrogen-bond donors (Lipinski definition) is 1. The van der Waals surface area contributed by atoms with E-state index in [2.05, 4.69) is 5.32 Å². The molecule has 4 nitrogen and oxygen atoms in total. The highest BCUT2D eigenvalue weighted by Gasteiger charge is 2.43. The smallest absolute Gasteiger partial charge is 0.381 e. The number of ether oxygens (including phenoxy) is 2. The van der Waals surface area contributed by atoms with Crippen LogP contribution >= 0.6 is 0 Å². The molecule has 23 heavy (non-hydrogen) atoms. The maximum atomic E-state index is 12.7. The fourth-order valence-electron chi connectivity index (χ4n) is 3.22. The summed E-state index contributed by atoms with van der Waals surface area (Å²) in [6.07, 6.45) is -1.39. The van der Waals surface area contributed by atoms with Gasteiger partial charge in [-0.3, -0.25) is 4.79 Å². The van der Waals surface area contributed by atoms with Crippen molar-refractivity contribution in [1.82, 2.24) is 5.32 Å². The Morgan fingerprint density at radius 3 is 2.78 bits per heavy atom. The molecule has 1 amide bonds. The highest BCUT2D eigenvalue weighted by atomic mass is 19.4. The van der Waals surface area contributed by atoms with Gasteiger partial charge in [0.1, 0.15) is 0 Å². The van der Waals surface area contributed by atoms with Gasteiger partial charge in [-0.1, -0.05) is 6.42 Å². The zero-order valence-electron chi connectivity index (χ0n) is 13.4. The molecule has 0 aromatic heterocycles. The molecular formula is C16H26F3NO3. The van der Waals surface area contributed by atoms with E-state index in [0.717, 1.165) is 19.6 Å². The molecular weight excluding hydrogens is 311 g/mol. The van der Waals surface area contributed by atoms with Gasteiger partial charge >= 0.3 is 6.18 Å². The van der Waals surface area contributed by atoms with Crippen molar-refractivity contribution in [2.24, 2.45) is 17.8 Å². The van der Waals surface area contributed by atoms with Crippen LogP contribution in [0.1, 0.15) is 38.5 Å². The van der Waals surface area contributed by atoms with Crippen LogP contribution in [0.2, 0.25) is 0 Å². The summed E-state index contributed by atoms with van der Waals surface area (Å²) in [5.74, 6) is -1.62. The first-order valence-electron chi connectivity index (χ1n) is 8.46. The Kier molecular flexibility index (Phi) is 7.14. The van der Waals surface area contributed by atoms with Crippen LogP contribution < -0.4 is 5.32 Å². The number of alkyl halides is 3. The number of nitrogens with one attached hydrogen (secondary N) is 1. The highest BCUT2D eigenvalue weighted by Crippen LogP contribution is 2.39. The fourth-order valence-corrected chi connectivity index (χ4v) is 3.22. The lowest BCUT2D eigenvalue weighted by Crippen LogP contribution is -2.37. The summed E-state index contributed by atoms with van der Waals surface area (Å²) in [6.45, 7) is 3.22. The Bertz CT molecular complexity index is 370. The fraction of sp³-hybridized carbons (Fsp3) is 0.938. The lowest BCUT2D eigenvalue weighted by atomic mass is 9.80. The van der Waals surface area contributed by atoms with Crippen molar-refractivity contribution < 1.29 is 27.4 Å². The maximum Gasteiger partial charge on any atom is 0.391 e. The molecule has 0 bridgehead atoms. The average molecular weight is 337 g/mol. The Hall–Kier alpha value is -0.820. The van der Waals surface area contributed by atoms with E-state index in [1.807, 2.05) is 0 Å². The van der Waals surface area contributed by atoms with Gasteiger partial charge in [-0.25, -0.2) is 0 Å². The number of rotatable bonds is 7. The van der Waals surface area contributed by atoms with Crippen LogP contribution in [-0.2, 0) is 14.3 Å². The number of amides is 1. The van der Waals surface area contributed by atoms with Crippen LogP contribution in [0, 0.1) is 17.8 Å². The number of carbonyl (C=O) groups excluding carboxylic acids is 1. The van der Waals surface area contributed by atoms with Gasteiger partial charge in [-0.05, 0) is 32.1 Å². The molecule has 7 heteroatoms. The zero-order valence-corrected chi connectivity index (χ0v) is 13.4. The van der Waals surface area contributed by atoms with Crippen LogP contribution in [0.4, 0.5) is 13.2 Å². The van der Waals surface area contributed by atoms with Crippen LogP contribution in [0.3, 0.4) is 0 Å². The third-order valence-electron chi connectivity index (χ3n) is 4.65. The van der Waals surface area contributed by atoms with E-state index in [1.165, 1.54) is 0 Å². The lowest BCUT2D eigenvalue weighted by Gasteiger charge is -2.29. The summed E-state index contributed by atoms with van der Waals surface area (Å²) in [4.78, 5) is 12.0. The van der Waals surface area contributed by atoms with Gasteiger partial charge in [0.05, 0.1) is 19.1 Å². The van der Waals surface area contributed by atoms with Crippen molar-refractivity contribution in [3.05, 3.63) is 0 Å². The predicted octanol–water partition coefficient (Wildman–Crippen LogP) is 2.91. The number of carbonyl (C=O) groups is 1. The SMILES string of the molecule is O=C(NCCCOC[C@@H]1CCOC1)[C@H]1CCC[C@H](C(F)(F)F)C1. The Morgan fingerprint density at radius 2 is 2.09 bits per heavy atom. The molecule has 134 valence electrons. The van der Waals surface area contributed by atoms with Gasteiger partial charge in [-0.2, -0.15) is 13.2 Å². The third-order valence-corrected chi connectivity index (χ3v) is 4.65. The van der Waals surface area contributed by atoms with Gasteiger partial charge in [0.15, 0.2) is 0 Å². The molecule has 0 radical (unpaired) electrons. The molecule has 2 rings (SSSR count). The summed E-state index contributed by atoms with van der Waals surface area (Å²) >= 11 is 0. The molecule has 1 saturated heterocycles. The zero-order chi connectivity index (χ0) is 16.7. The molecule has 2 aliphatic rings. The quantitative estimate of drug-likeness (QED) is 0.727. The van der Waals surface area contributed by atoms with Crippen molar-refractivity contribution in [2.75, 3.05) is 33.0 Å². The van der Waals surface area contributed by atoms with E-state index in [9.17, 15) is 18.0 Å². The monoisotopic (exact) mass is 337 g/mol. The molecule has 0 aromatic rings. The van der Waals surface area contributed by atoms with Crippen molar-refractivity contribution in [3.8, 4) is 0 Å². The van der Waals surface area contributed by atoms with Crippen molar-refractivity contribution in [1.29, 1.82) is 0 Å². The predicted molar refractivity (Wildman–Crippen MR) is 78.9 cm³/mol. The summed E-state index contributed by atoms with van der Waals surface area (Å²) in [5.41, 5.74) is 0. The second-order valence-electron chi connectivity index (χ2n) is 6.55. The van der Waals surface area contributed by atoms with Gasteiger partial charge in [-0.15, -0.1) is 0 Å². The Morgan fingerprint density at radius 1 is 1.26 bits per heavy atom. The molecule has 1 heterocycles. The second-order valence-corrected chi connectivity index (χ2v) is 6.55. The first-order chi connectivity index (χ1) is 11.0.